The molecule has 0 radical (unpaired) electrons. The van der Waals surface area contributed by atoms with Crippen molar-refractivity contribution in [3.63, 3.8) is 0 Å². The van der Waals surface area contributed by atoms with Gasteiger partial charge >= 0.3 is 0 Å². The number of hydrogen-bond acceptors (Lipinski definition) is 4. The van der Waals surface area contributed by atoms with Crippen molar-refractivity contribution in [3.8, 4) is 0 Å². The van der Waals surface area contributed by atoms with E-state index in [4.69, 9.17) is 0 Å². The fourth-order valence-corrected chi connectivity index (χ4v) is 1.84. The van der Waals surface area contributed by atoms with Crippen molar-refractivity contribution in [2.45, 2.75) is 6.54 Å². The van der Waals surface area contributed by atoms with Gasteiger partial charge in [0.25, 0.3) is 11.5 Å². The van der Waals surface area contributed by atoms with Gasteiger partial charge in [0.15, 0.2) is 0 Å². The van der Waals surface area contributed by atoms with Crippen molar-refractivity contribution in [2.75, 3.05) is 19.0 Å². The molecule has 2 aromatic rings. The van der Waals surface area contributed by atoms with Crippen LogP contribution in [-0.4, -0.2) is 30.0 Å². The Morgan fingerprint density at radius 1 is 1.35 bits per heavy atom. The molecule has 2 rings (SSSR count). The van der Waals surface area contributed by atoms with Gasteiger partial charge in [0.2, 0.25) is 0 Å². The third kappa shape index (κ3) is 3.03. The minimum absolute atomic E-state index is 0.0998. The van der Waals surface area contributed by atoms with Crippen molar-refractivity contribution in [1.82, 2.24) is 15.3 Å². The lowest BCUT2D eigenvalue weighted by molar-refractivity contribution is 0.0949. The Hall–Kier alpha value is -2.63. The third-order valence-electron chi connectivity index (χ3n) is 2.79. The summed E-state index contributed by atoms with van der Waals surface area (Å²) < 4.78 is 0. The molecule has 2 aromatic heterocycles. The Morgan fingerprint density at radius 3 is 2.85 bits per heavy atom. The van der Waals surface area contributed by atoms with E-state index < -0.39 is 11.5 Å². The molecule has 0 saturated carbocycles. The van der Waals surface area contributed by atoms with E-state index in [0.29, 0.717) is 6.54 Å². The molecular weight excluding hydrogens is 256 g/mol. The minimum Gasteiger partial charge on any atom is -0.362 e. The second-order valence-corrected chi connectivity index (χ2v) is 4.48. The van der Waals surface area contributed by atoms with Crippen molar-refractivity contribution in [3.05, 3.63) is 58.1 Å². The number of H-pyrrole nitrogens is 1. The van der Waals surface area contributed by atoms with E-state index >= 15 is 0 Å². The number of carbonyl (C=O) groups excluding carboxylic acids is 1. The van der Waals surface area contributed by atoms with E-state index in [1.54, 1.807) is 12.3 Å². The van der Waals surface area contributed by atoms with Crippen LogP contribution in [0.4, 0.5) is 5.82 Å². The molecule has 0 saturated heterocycles. The molecule has 0 bridgehead atoms. The molecule has 104 valence electrons. The van der Waals surface area contributed by atoms with Crippen LogP contribution >= 0.6 is 0 Å². The first-order valence-corrected chi connectivity index (χ1v) is 6.16. The Labute approximate surface area is 116 Å². The number of anilines is 1. The van der Waals surface area contributed by atoms with E-state index in [-0.39, 0.29) is 5.56 Å². The Morgan fingerprint density at radius 2 is 2.15 bits per heavy atom. The van der Waals surface area contributed by atoms with Crippen LogP contribution in [0.25, 0.3) is 0 Å². The number of carbonyl (C=O) groups is 1. The Kier molecular flexibility index (Phi) is 4.14. The maximum atomic E-state index is 12.0. The van der Waals surface area contributed by atoms with Crippen molar-refractivity contribution < 1.29 is 4.79 Å². The highest BCUT2D eigenvalue weighted by Gasteiger charge is 2.11. The topological polar surface area (TPSA) is 78.1 Å². The lowest BCUT2D eigenvalue weighted by Gasteiger charge is -2.16. The Bertz CT molecular complexity index is 664. The van der Waals surface area contributed by atoms with Gasteiger partial charge in [-0.25, -0.2) is 4.98 Å². The van der Waals surface area contributed by atoms with Crippen LogP contribution in [0.15, 0.2) is 41.5 Å². The van der Waals surface area contributed by atoms with Crippen LogP contribution < -0.4 is 15.8 Å². The van der Waals surface area contributed by atoms with Gasteiger partial charge in [0, 0.05) is 38.6 Å². The highest BCUT2D eigenvalue weighted by molar-refractivity contribution is 5.93. The zero-order valence-corrected chi connectivity index (χ0v) is 11.4. The van der Waals surface area contributed by atoms with Gasteiger partial charge in [0.1, 0.15) is 11.4 Å². The van der Waals surface area contributed by atoms with Crippen molar-refractivity contribution in [2.24, 2.45) is 0 Å². The fourth-order valence-electron chi connectivity index (χ4n) is 1.84. The smallest absolute Gasteiger partial charge is 0.260 e. The average molecular weight is 272 g/mol. The lowest BCUT2D eigenvalue weighted by atomic mass is 10.2. The number of nitrogens with zero attached hydrogens (tertiary/aromatic N) is 2. The summed E-state index contributed by atoms with van der Waals surface area (Å²) in [5.41, 5.74) is 0.588. The maximum absolute atomic E-state index is 12.0. The summed E-state index contributed by atoms with van der Waals surface area (Å²) in [5.74, 6) is 0.384. The van der Waals surface area contributed by atoms with E-state index in [0.717, 1.165) is 11.4 Å². The van der Waals surface area contributed by atoms with Gasteiger partial charge in [-0.1, -0.05) is 6.07 Å². The second-order valence-electron chi connectivity index (χ2n) is 4.48. The first-order valence-electron chi connectivity index (χ1n) is 6.16. The summed E-state index contributed by atoms with van der Waals surface area (Å²) in [5, 5.41) is 2.73. The molecular formula is C14H16N4O2. The first-order chi connectivity index (χ1) is 9.59. The number of amides is 1. The summed E-state index contributed by atoms with van der Waals surface area (Å²) >= 11 is 0. The molecule has 2 heterocycles. The van der Waals surface area contributed by atoms with E-state index in [1.807, 2.05) is 31.1 Å². The number of aromatic nitrogens is 2. The van der Waals surface area contributed by atoms with Crippen molar-refractivity contribution in [1.29, 1.82) is 0 Å². The van der Waals surface area contributed by atoms with Gasteiger partial charge in [0.05, 0.1) is 0 Å². The Balaban J connectivity index is 2.12. The summed E-state index contributed by atoms with van der Waals surface area (Å²) in [6.07, 6.45) is 3.19. The minimum atomic E-state index is -0.402. The monoisotopic (exact) mass is 272 g/mol. The highest BCUT2D eigenvalue weighted by Crippen LogP contribution is 2.13. The number of aromatic amines is 1. The molecule has 0 aromatic carbocycles. The fraction of sp³-hybridized carbons (Fsp3) is 0.214. The summed E-state index contributed by atoms with van der Waals surface area (Å²) in [6, 6.07) is 6.80. The number of nitrogens with one attached hydrogen (secondary N) is 2. The summed E-state index contributed by atoms with van der Waals surface area (Å²) in [6.45, 7) is 0.314. The van der Waals surface area contributed by atoms with E-state index in [2.05, 4.69) is 15.3 Å². The summed E-state index contributed by atoms with van der Waals surface area (Å²) in [4.78, 5) is 32.1. The molecule has 0 aliphatic rings. The molecule has 1 amide bonds. The SMILES string of the molecule is CN(C)c1ncccc1CNC(=O)c1ccc[nH]c1=O. The maximum Gasteiger partial charge on any atom is 0.260 e. The lowest BCUT2D eigenvalue weighted by Crippen LogP contribution is -2.29. The molecule has 0 aliphatic carbocycles. The molecule has 0 unspecified atom stereocenters. The van der Waals surface area contributed by atoms with Gasteiger partial charge in [-0.3, -0.25) is 9.59 Å². The number of rotatable bonds is 4. The molecule has 20 heavy (non-hydrogen) atoms. The quantitative estimate of drug-likeness (QED) is 0.861. The average Bonchev–Trinajstić information content (AvgIpc) is 2.45. The summed E-state index contributed by atoms with van der Waals surface area (Å²) in [7, 11) is 3.77. The van der Waals surface area contributed by atoms with Crippen molar-refractivity contribution >= 4 is 11.7 Å². The molecule has 6 heteroatoms. The highest BCUT2D eigenvalue weighted by atomic mass is 16.2. The second kappa shape index (κ2) is 6.01. The van der Waals surface area contributed by atoms with Crippen LogP contribution in [0.2, 0.25) is 0 Å². The molecule has 2 N–H and O–H groups in total. The third-order valence-corrected chi connectivity index (χ3v) is 2.79. The molecule has 0 spiro atoms. The van der Waals surface area contributed by atoms with Gasteiger partial charge in [-0.15, -0.1) is 0 Å². The van der Waals surface area contributed by atoms with Crippen LogP contribution in [-0.2, 0) is 6.54 Å². The predicted molar refractivity (Wildman–Crippen MR) is 76.8 cm³/mol. The largest absolute Gasteiger partial charge is 0.362 e. The van der Waals surface area contributed by atoms with Gasteiger partial charge in [-0.2, -0.15) is 0 Å². The molecule has 6 nitrogen and oxygen atoms in total. The molecule has 0 aliphatic heterocycles. The van der Waals surface area contributed by atoms with Crippen LogP contribution in [0.3, 0.4) is 0 Å². The zero-order valence-electron chi connectivity index (χ0n) is 11.4. The normalized spacial score (nSPS) is 10.1. The van der Waals surface area contributed by atoms with Gasteiger partial charge < -0.3 is 15.2 Å². The van der Waals surface area contributed by atoms with E-state index in [9.17, 15) is 9.59 Å². The van der Waals surface area contributed by atoms with Gasteiger partial charge in [-0.05, 0) is 18.2 Å². The zero-order chi connectivity index (χ0) is 14.5. The first kappa shape index (κ1) is 13.8. The van der Waals surface area contributed by atoms with E-state index in [1.165, 1.54) is 12.3 Å². The number of pyridine rings is 2. The predicted octanol–water partition coefficient (Wildman–Crippen LogP) is 0.766. The standard InChI is InChI=1S/C14H16N4O2/c1-18(2)12-10(5-3-7-15-12)9-17-14(20)11-6-4-8-16-13(11)19/h3-8H,9H2,1-2H3,(H,16,19)(H,17,20). The van der Waals surface area contributed by atoms with Crippen LogP contribution in [0.1, 0.15) is 15.9 Å². The molecule has 0 atom stereocenters. The molecule has 0 fully saturated rings. The van der Waals surface area contributed by atoms with Crippen LogP contribution in [0.5, 0.6) is 0 Å². The van der Waals surface area contributed by atoms with Crippen LogP contribution in [0, 0.1) is 0 Å². The number of hydrogen-bond donors (Lipinski definition) is 2.